The van der Waals surface area contributed by atoms with Crippen molar-refractivity contribution in [3.8, 4) is 0 Å². The summed E-state index contributed by atoms with van der Waals surface area (Å²) in [6.07, 6.45) is 2.84. The zero-order valence-electron chi connectivity index (χ0n) is 11.9. The second-order valence-corrected chi connectivity index (χ2v) is 8.51. The maximum absolute atomic E-state index is 12.5. The van der Waals surface area contributed by atoms with Crippen LogP contribution in [0.1, 0.15) is 27.2 Å². The van der Waals surface area contributed by atoms with Gasteiger partial charge in [0.2, 0.25) is 5.91 Å². The molecule has 0 saturated carbocycles. The molecule has 0 aliphatic carbocycles. The highest BCUT2D eigenvalue weighted by Gasteiger charge is 2.71. The summed E-state index contributed by atoms with van der Waals surface area (Å²) >= 11 is 0. The number of rotatable bonds is 4. The normalized spacial score (nSPS) is 32.8. The maximum atomic E-state index is 12.5. The number of amides is 1. The first-order valence-corrected chi connectivity index (χ1v) is 8.03. The van der Waals surface area contributed by atoms with E-state index in [1.54, 1.807) is 0 Å². The molecular formula is C13H17NO6S. The van der Waals surface area contributed by atoms with Gasteiger partial charge >= 0.3 is 5.97 Å². The minimum absolute atomic E-state index is 0.112. The van der Waals surface area contributed by atoms with Gasteiger partial charge in [0.1, 0.15) is 11.4 Å². The first-order chi connectivity index (χ1) is 9.53. The summed E-state index contributed by atoms with van der Waals surface area (Å²) in [6, 6.07) is -1.37. The van der Waals surface area contributed by atoms with Gasteiger partial charge in [0, 0.05) is 0 Å². The number of hydrogen-bond donors (Lipinski definition) is 1. The molecule has 1 N–H and O–H groups in total. The number of carbonyl (C=O) groups is 3. The molecule has 0 aromatic carbocycles. The van der Waals surface area contributed by atoms with Crippen molar-refractivity contribution in [3.05, 3.63) is 12.2 Å². The van der Waals surface area contributed by atoms with Crippen molar-refractivity contribution < 1.29 is 27.9 Å². The van der Waals surface area contributed by atoms with Gasteiger partial charge in [-0.05, 0) is 33.3 Å². The Kier molecular flexibility index (Phi) is 3.48. The van der Waals surface area contributed by atoms with E-state index in [2.05, 4.69) is 0 Å². The molecule has 0 aromatic rings. The lowest BCUT2D eigenvalue weighted by Crippen LogP contribution is -2.63. The fraction of sp³-hybridized carbons (Fsp3) is 0.615. The van der Waals surface area contributed by atoms with Crippen molar-refractivity contribution in [3.63, 3.8) is 0 Å². The van der Waals surface area contributed by atoms with Crippen LogP contribution in [0.2, 0.25) is 0 Å². The van der Waals surface area contributed by atoms with Gasteiger partial charge in [-0.25, -0.2) is 13.2 Å². The fourth-order valence-electron chi connectivity index (χ4n) is 3.01. The van der Waals surface area contributed by atoms with Gasteiger partial charge in [-0.3, -0.25) is 9.59 Å². The third-order valence-corrected chi connectivity index (χ3v) is 7.04. The Bertz CT molecular complexity index is 648. The van der Waals surface area contributed by atoms with Crippen molar-refractivity contribution in [1.82, 2.24) is 4.90 Å². The van der Waals surface area contributed by atoms with E-state index in [0.717, 1.165) is 4.90 Å². The third-order valence-electron chi connectivity index (χ3n) is 4.15. The number of carboxylic acid groups (broad SMARTS) is 1. The molecule has 0 radical (unpaired) electrons. The number of sulfone groups is 1. The predicted molar refractivity (Wildman–Crippen MR) is 73.0 cm³/mol. The van der Waals surface area contributed by atoms with E-state index in [-0.39, 0.29) is 12.2 Å². The average Bonchev–Trinajstić information content (AvgIpc) is 2.47. The Morgan fingerprint density at radius 2 is 1.95 bits per heavy atom. The number of fused-ring (bicyclic) bond motifs is 1. The number of allylic oxidation sites excluding steroid dienone is 2. The van der Waals surface area contributed by atoms with Crippen LogP contribution in [0, 0.1) is 5.92 Å². The first kappa shape index (κ1) is 15.7. The molecular weight excluding hydrogens is 298 g/mol. The number of aliphatic carboxylic acids is 1. The molecule has 2 aliphatic heterocycles. The number of ketones is 1. The maximum Gasteiger partial charge on any atom is 0.328 e. The second kappa shape index (κ2) is 4.66. The van der Waals surface area contributed by atoms with E-state index >= 15 is 0 Å². The molecule has 116 valence electrons. The average molecular weight is 315 g/mol. The molecule has 2 saturated heterocycles. The predicted octanol–water partition coefficient (Wildman–Crippen LogP) is -0.0336. The molecule has 21 heavy (non-hydrogen) atoms. The van der Waals surface area contributed by atoms with Crippen LogP contribution in [0.25, 0.3) is 0 Å². The third kappa shape index (κ3) is 2.00. The van der Waals surface area contributed by atoms with Gasteiger partial charge in [-0.1, -0.05) is 6.08 Å². The standard InChI is InChI=1S/C13H17NO6S/c1-7(15)5-4-6-8-10(16)14-9(12(17)18)13(2,3)21(19,20)11(8)14/h4-5,8-9,11H,6H2,1-3H3,(H,17,18)/b5-4+/t8?,9-,11+/m0/s1. The minimum atomic E-state index is -3.79. The van der Waals surface area contributed by atoms with Crippen molar-refractivity contribution in [2.75, 3.05) is 0 Å². The van der Waals surface area contributed by atoms with Gasteiger partial charge < -0.3 is 10.0 Å². The van der Waals surface area contributed by atoms with Crippen LogP contribution in [0.5, 0.6) is 0 Å². The number of carbonyl (C=O) groups excluding carboxylic acids is 2. The lowest BCUT2D eigenvalue weighted by Gasteiger charge is -2.42. The van der Waals surface area contributed by atoms with E-state index in [1.165, 1.54) is 32.9 Å². The summed E-state index contributed by atoms with van der Waals surface area (Å²) in [4.78, 5) is 35.2. The van der Waals surface area contributed by atoms with Crippen LogP contribution in [0.15, 0.2) is 12.2 Å². The molecule has 3 atom stereocenters. The van der Waals surface area contributed by atoms with E-state index in [4.69, 9.17) is 0 Å². The van der Waals surface area contributed by atoms with Gasteiger partial charge in [0.05, 0.1) is 10.7 Å². The van der Waals surface area contributed by atoms with Crippen LogP contribution in [-0.4, -0.2) is 52.2 Å². The summed E-state index contributed by atoms with van der Waals surface area (Å²) in [5.41, 5.74) is 0. The Hall–Kier alpha value is -1.70. The molecule has 2 heterocycles. The molecule has 2 rings (SSSR count). The topological polar surface area (TPSA) is 109 Å². The van der Waals surface area contributed by atoms with Gasteiger partial charge in [0.15, 0.2) is 15.6 Å². The zero-order chi connectivity index (χ0) is 16.2. The number of hydrogen-bond acceptors (Lipinski definition) is 5. The van der Waals surface area contributed by atoms with E-state index in [1.807, 2.05) is 0 Å². The van der Waals surface area contributed by atoms with Crippen LogP contribution >= 0.6 is 0 Å². The van der Waals surface area contributed by atoms with Gasteiger partial charge in [-0.2, -0.15) is 0 Å². The van der Waals surface area contributed by atoms with Crippen LogP contribution in [-0.2, 0) is 24.2 Å². The quantitative estimate of drug-likeness (QED) is 0.576. The molecule has 1 amide bonds. The van der Waals surface area contributed by atoms with Gasteiger partial charge in [0.25, 0.3) is 0 Å². The Labute approximate surface area is 122 Å². The van der Waals surface area contributed by atoms with Crippen molar-refractivity contribution in [1.29, 1.82) is 0 Å². The fourth-order valence-corrected chi connectivity index (χ4v) is 5.34. The Morgan fingerprint density at radius 3 is 2.43 bits per heavy atom. The summed E-state index contributed by atoms with van der Waals surface area (Å²) < 4.78 is 23.5. The molecule has 0 bridgehead atoms. The molecule has 1 unspecified atom stereocenters. The summed E-state index contributed by atoms with van der Waals surface area (Å²) in [5, 5.41) is 8.13. The number of carboxylic acids is 1. The highest BCUT2D eigenvalue weighted by atomic mass is 32.2. The van der Waals surface area contributed by atoms with E-state index in [9.17, 15) is 27.9 Å². The molecule has 7 nitrogen and oxygen atoms in total. The Morgan fingerprint density at radius 1 is 1.38 bits per heavy atom. The lowest BCUT2D eigenvalue weighted by molar-refractivity contribution is -0.163. The Balaban J connectivity index is 2.34. The summed E-state index contributed by atoms with van der Waals surface area (Å²) in [7, 11) is -3.79. The molecule has 2 fully saturated rings. The van der Waals surface area contributed by atoms with Crippen LogP contribution in [0.4, 0.5) is 0 Å². The first-order valence-electron chi connectivity index (χ1n) is 6.49. The highest BCUT2D eigenvalue weighted by molar-refractivity contribution is 7.93. The number of β-lactam (4-membered cyclic amide) rings is 1. The highest BCUT2D eigenvalue weighted by Crippen LogP contribution is 2.49. The number of nitrogens with zero attached hydrogens (tertiary/aromatic N) is 1. The molecule has 0 spiro atoms. The van der Waals surface area contributed by atoms with E-state index < -0.39 is 43.8 Å². The smallest absolute Gasteiger partial charge is 0.328 e. The monoisotopic (exact) mass is 315 g/mol. The molecule has 2 aliphatic rings. The van der Waals surface area contributed by atoms with Crippen molar-refractivity contribution in [2.45, 2.75) is 43.4 Å². The largest absolute Gasteiger partial charge is 0.480 e. The SMILES string of the molecule is CC(=O)/C=C/CC1C(=O)N2[C@@H](C(=O)O)C(C)(C)S(=O)(=O)[C@H]12. The molecule has 0 aromatic heterocycles. The van der Waals surface area contributed by atoms with Crippen LogP contribution in [0.3, 0.4) is 0 Å². The lowest BCUT2D eigenvalue weighted by atomic mass is 9.89. The second-order valence-electron chi connectivity index (χ2n) is 5.88. The van der Waals surface area contributed by atoms with Gasteiger partial charge in [-0.15, -0.1) is 0 Å². The summed E-state index contributed by atoms with van der Waals surface area (Å²) in [6.45, 7) is 4.01. The van der Waals surface area contributed by atoms with Crippen molar-refractivity contribution >= 4 is 27.5 Å². The van der Waals surface area contributed by atoms with Crippen LogP contribution < -0.4 is 0 Å². The molecule has 8 heteroatoms. The van der Waals surface area contributed by atoms with E-state index in [0.29, 0.717) is 0 Å². The summed E-state index contributed by atoms with van der Waals surface area (Å²) in [5.74, 6) is -2.82. The zero-order valence-corrected chi connectivity index (χ0v) is 12.8. The minimum Gasteiger partial charge on any atom is -0.480 e. The van der Waals surface area contributed by atoms with Crippen molar-refractivity contribution in [2.24, 2.45) is 5.92 Å².